The highest BCUT2D eigenvalue weighted by molar-refractivity contribution is 5.90. The van der Waals surface area contributed by atoms with Gasteiger partial charge in [0.25, 0.3) is 0 Å². The first-order valence-electron chi connectivity index (χ1n) is 6.99. The lowest BCUT2D eigenvalue weighted by atomic mass is 10.1. The van der Waals surface area contributed by atoms with Crippen molar-refractivity contribution >= 4 is 16.9 Å². The molecule has 2 rings (SSSR count). The largest absolute Gasteiger partial charge is 0.465 e. The molecule has 2 aromatic rings. The molecule has 0 aliphatic carbocycles. The minimum absolute atomic E-state index is 0.308. The number of ether oxygens (including phenoxy) is 1. The SMILES string of the molecule is CCOC(=O)C(N)c1cn(C(C)C)c2cc(C)ccc12. The van der Waals surface area contributed by atoms with Crippen LogP contribution in [0.1, 0.15) is 44.0 Å². The molecule has 1 heterocycles. The van der Waals surface area contributed by atoms with Crippen LogP contribution in [-0.4, -0.2) is 17.1 Å². The maximum atomic E-state index is 11.9. The van der Waals surface area contributed by atoms with E-state index in [9.17, 15) is 4.79 Å². The Hall–Kier alpha value is -1.81. The number of carbonyl (C=O) groups is 1. The van der Waals surface area contributed by atoms with E-state index < -0.39 is 6.04 Å². The van der Waals surface area contributed by atoms with Crippen LogP contribution in [0.25, 0.3) is 10.9 Å². The second-order valence-electron chi connectivity index (χ2n) is 5.34. The van der Waals surface area contributed by atoms with Crippen molar-refractivity contribution in [2.24, 2.45) is 5.73 Å². The summed E-state index contributed by atoms with van der Waals surface area (Å²) in [6.45, 7) is 8.41. The number of rotatable bonds is 4. The zero-order chi connectivity index (χ0) is 14.9. The van der Waals surface area contributed by atoms with Gasteiger partial charge in [-0.3, -0.25) is 0 Å². The van der Waals surface area contributed by atoms with Crippen LogP contribution in [-0.2, 0) is 9.53 Å². The number of aromatic nitrogens is 1. The van der Waals surface area contributed by atoms with Crippen molar-refractivity contribution in [3.63, 3.8) is 0 Å². The summed E-state index contributed by atoms with van der Waals surface area (Å²) in [6.07, 6.45) is 1.97. The van der Waals surface area contributed by atoms with E-state index in [1.54, 1.807) is 6.92 Å². The van der Waals surface area contributed by atoms with Crippen LogP contribution >= 0.6 is 0 Å². The van der Waals surface area contributed by atoms with Crippen LogP contribution < -0.4 is 5.73 Å². The quantitative estimate of drug-likeness (QED) is 0.872. The second kappa shape index (κ2) is 5.67. The molecule has 0 spiro atoms. The number of fused-ring (bicyclic) bond motifs is 1. The van der Waals surface area contributed by atoms with E-state index in [1.807, 2.05) is 18.3 Å². The molecule has 0 aliphatic rings. The number of esters is 1. The third-order valence-electron chi connectivity index (χ3n) is 3.45. The Labute approximate surface area is 119 Å². The van der Waals surface area contributed by atoms with Gasteiger partial charge in [0.2, 0.25) is 0 Å². The summed E-state index contributed by atoms with van der Waals surface area (Å²) < 4.78 is 7.18. The molecule has 0 saturated heterocycles. The van der Waals surface area contributed by atoms with Crippen molar-refractivity contribution < 1.29 is 9.53 Å². The van der Waals surface area contributed by atoms with Gasteiger partial charge in [0.1, 0.15) is 6.04 Å². The topological polar surface area (TPSA) is 57.2 Å². The van der Waals surface area contributed by atoms with Crippen LogP contribution in [0.2, 0.25) is 0 Å². The van der Waals surface area contributed by atoms with Gasteiger partial charge >= 0.3 is 5.97 Å². The molecular weight excluding hydrogens is 252 g/mol. The molecule has 1 unspecified atom stereocenters. The van der Waals surface area contributed by atoms with Gasteiger partial charge in [-0.15, -0.1) is 0 Å². The third-order valence-corrected chi connectivity index (χ3v) is 3.45. The van der Waals surface area contributed by atoms with Crippen LogP contribution in [0, 0.1) is 6.92 Å². The van der Waals surface area contributed by atoms with E-state index >= 15 is 0 Å². The lowest BCUT2D eigenvalue weighted by Crippen LogP contribution is -2.23. The number of nitrogens with zero attached hydrogens (tertiary/aromatic N) is 1. The summed E-state index contributed by atoms with van der Waals surface area (Å²) in [5, 5.41) is 1.02. The highest BCUT2D eigenvalue weighted by atomic mass is 16.5. The fourth-order valence-electron chi connectivity index (χ4n) is 2.42. The monoisotopic (exact) mass is 274 g/mol. The third kappa shape index (κ3) is 2.56. The van der Waals surface area contributed by atoms with Gasteiger partial charge < -0.3 is 15.0 Å². The minimum Gasteiger partial charge on any atom is -0.465 e. The van der Waals surface area contributed by atoms with Gasteiger partial charge in [0.15, 0.2) is 0 Å². The Balaban J connectivity index is 2.56. The van der Waals surface area contributed by atoms with Gasteiger partial charge in [-0.1, -0.05) is 12.1 Å². The number of nitrogens with two attached hydrogens (primary N) is 1. The van der Waals surface area contributed by atoms with Crippen LogP contribution in [0.15, 0.2) is 24.4 Å². The van der Waals surface area contributed by atoms with Crippen molar-refractivity contribution in [2.75, 3.05) is 6.61 Å². The molecule has 4 heteroatoms. The molecule has 108 valence electrons. The summed E-state index contributed by atoms with van der Waals surface area (Å²) in [5.41, 5.74) is 9.18. The smallest absolute Gasteiger partial charge is 0.327 e. The number of hydrogen-bond donors (Lipinski definition) is 1. The molecule has 4 nitrogen and oxygen atoms in total. The predicted molar refractivity (Wildman–Crippen MR) is 80.6 cm³/mol. The first-order valence-corrected chi connectivity index (χ1v) is 6.99. The van der Waals surface area contributed by atoms with Gasteiger partial charge in [-0.05, 0) is 39.3 Å². The number of aryl methyl sites for hydroxylation is 1. The Bertz CT molecular complexity index is 629. The summed E-state index contributed by atoms with van der Waals surface area (Å²) in [6, 6.07) is 5.76. The Kier molecular flexibility index (Phi) is 4.14. The van der Waals surface area contributed by atoms with Crippen LogP contribution in [0.3, 0.4) is 0 Å². The molecule has 1 aromatic carbocycles. The average Bonchev–Trinajstić information content (AvgIpc) is 2.76. The lowest BCUT2D eigenvalue weighted by molar-refractivity contribution is -0.144. The highest BCUT2D eigenvalue weighted by Crippen LogP contribution is 2.29. The van der Waals surface area contributed by atoms with E-state index in [-0.39, 0.29) is 5.97 Å². The van der Waals surface area contributed by atoms with Crippen molar-refractivity contribution in [3.05, 3.63) is 35.5 Å². The molecular formula is C16H22N2O2. The molecule has 0 bridgehead atoms. The lowest BCUT2D eigenvalue weighted by Gasteiger charge is -2.10. The highest BCUT2D eigenvalue weighted by Gasteiger charge is 2.22. The Morgan fingerprint density at radius 2 is 2.10 bits per heavy atom. The van der Waals surface area contributed by atoms with Crippen LogP contribution in [0.4, 0.5) is 0 Å². The van der Waals surface area contributed by atoms with Crippen molar-refractivity contribution in [1.82, 2.24) is 4.57 Å². The molecule has 1 aromatic heterocycles. The number of benzene rings is 1. The predicted octanol–water partition coefficient (Wildman–Crippen LogP) is 3.09. The van der Waals surface area contributed by atoms with Crippen molar-refractivity contribution in [1.29, 1.82) is 0 Å². The molecule has 0 amide bonds. The summed E-state index contributed by atoms with van der Waals surface area (Å²) in [4.78, 5) is 11.9. The van der Waals surface area contributed by atoms with Crippen LogP contribution in [0.5, 0.6) is 0 Å². The summed E-state index contributed by atoms with van der Waals surface area (Å²) >= 11 is 0. The maximum Gasteiger partial charge on any atom is 0.327 e. The van der Waals surface area contributed by atoms with Gasteiger partial charge in [-0.25, -0.2) is 4.79 Å². The van der Waals surface area contributed by atoms with E-state index in [0.717, 1.165) is 16.5 Å². The van der Waals surface area contributed by atoms with Gasteiger partial charge in [0, 0.05) is 28.7 Å². The van der Waals surface area contributed by atoms with E-state index in [4.69, 9.17) is 10.5 Å². The maximum absolute atomic E-state index is 11.9. The van der Waals surface area contributed by atoms with Crippen molar-refractivity contribution in [2.45, 2.75) is 39.8 Å². The summed E-state index contributed by atoms with van der Waals surface area (Å²) in [5.74, 6) is -0.379. The fraction of sp³-hybridized carbons (Fsp3) is 0.438. The molecule has 0 fully saturated rings. The Morgan fingerprint density at radius 3 is 2.70 bits per heavy atom. The normalized spacial score (nSPS) is 12.9. The first kappa shape index (κ1) is 14.6. The zero-order valence-corrected chi connectivity index (χ0v) is 12.5. The fourth-order valence-corrected chi connectivity index (χ4v) is 2.42. The molecule has 1 atom stereocenters. The molecule has 2 N–H and O–H groups in total. The number of hydrogen-bond acceptors (Lipinski definition) is 3. The van der Waals surface area contributed by atoms with E-state index in [0.29, 0.717) is 12.6 Å². The standard InChI is InChI=1S/C16H22N2O2/c1-5-20-16(19)15(17)13-9-18(10(2)3)14-8-11(4)6-7-12(13)14/h6-10,15H,5,17H2,1-4H3. The first-order chi connectivity index (χ1) is 9.45. The Morgan fingerprint density at radius 1 is 1.40 bits per heavy atom. The summed E-state index contributed by atoms with van der Waals surface area (Å²) in [7, 11) is 0. The molecule has 0 saturated carbocycles. The van der Waals surface area contributed by atoms with Gasteiger partial charge in [0.05, 0.1) is 6.61 Å². The number of carbonyl (C=O) groups excluding carboxylic acids is 1. The van der Waals surface area contributed by atoms with E-state index in [2.05, 4.69) is 31.4 Å². The second-order valence-corrected chi connectivity index (χ2v) is 5.34. The molecule has 20 heavy (non-hydrogen) atoms. The minimum atomic E-state index is -0.736. The van der Waals surface area contributed by atoms with Crippen molar-refractivity contribution in [3.8, 4) is 0 Å². The van der Waals surface area contributed by atoms with E-state index in [1.165, 1.54) is 5.56 Å². The average molecular weight is 274 g/mol. The molecule has 0 radical (unpaired) electrons. The molecule has 0 aliphatic heterocycles. The van der Waals surface area contributed by atoms with Gasteiger partial charge in [-0.2, -0.15) is 0 Å². The zero-order valence-electron chi connectivity index (χ0n) is 12.5.